The average Bonchev–Trinajstić information content (AvgIpc) is 2.12. The molecule has 0 bridgehead atoms. The zero-order valence-corrected chi connectivity index (χ0v) is 3.98. The number of hydrazine groups is 1. The van der Waals surface area contributed by atoms with Crippen LogP contribution in [0.5, 0.6) is 0 Å². The van der Waals surface area contributed by atoms with Crippen molar-refractivity contribution < 1.29 is 9.87 Å². The minimum Gasteiger partial charge on any atom is -0.336 e. The maximum atomic E-state index is 9.77. The summed E-state index contributed by atoms with van der Waals surface area (Å²) >= 11 is 0. The highest BCUT2D eigenvalue weighted by Crippen LogP contribution is 1.98. The van der Waals surface area contributed by atoms with Crippen LogP contribution >= 0.6 is 0 Å². The third-order valence-electron chi connectivity index (χ3n) is 0.722. The highest BCUT2D eigenvalue weighted by molar-refractivity contribution is 4.78. The van der Waals surface area contributed by atoms with Crippen molar-refractivity contribution in [2.24, 2.45) is 0 Å². The molecule has 0 aromatic rings. The molecule has 0 aliphatic carbocycles. The molecule has 0 amide bonds. The molecule has 0 aromatic heterocycles. The Morgan fingerprint density at radius 2 is 2.62 bits per heavy atom. The van der Waals surface area contributed by atoms with Gasteiger partial charge in [0.05, 0.1) is 5.17 Å². The van der Waals surface area contributed by atoms with Crippen LogP contribution in [-0.2, 0) is 4.84 Å². The van der Waals surface area contributed by atoms with Gasteiger partial charge in [0, 0.05) is 0 Å². The number of hydroxylamine groups is 1. The van der Waals surface area contributed by atoms with Crippen LogP contribution in [-0.4, -0.2) is 16.7 Å². The maximum Gasteiger partial charge on any atom is 0.197 e. The van der Waals surface area contributed by atoms with Gasteiger partial charge in [0.25, 0.3) is 0 Å². The van der Waals surface area contributed by atoms with Crippen molar-refractivity contribution in [2.45, 2.75) is 0 Å². The van der Waals surface area contributed by atoms with Gasteiger partial charge in [0.15, 0.2) is 5.03 Å². The SMILES string of the molecule is O=[N+]([O-])N1CC=CO1. The van der Waals surface area contributed by atoms with E-state index in [0.717, 1.165) is 0 Å². The average molecular weight is 116 g/mol. The van der Waals surface area contributed by atoms with E-state index in [4.69, 9.17) is 0 Å². The van der Waals surface area contributed by atoms with Crippen molar-refractivity contribution in [3.63, 3.8) is 0 Å². The Morgan fingerprint density at radius 1 is 1.88 bits per heavy atom. The van der Waals surface area contributed by atoms with E-state index in [1.165, 1.54) is 6.26 Å². The minimum absolute atomic E-state index is 0.229. The lowest BCUT2D eigenvalue weighted by atomic mass is 10.7. The van der Waals surface area contributed by atoms with Crippen LogP contribution in [0, 0.1) is 10.1 Å². The summed E-state index contributed by atoms with van der Waals surface area (Å²) in [6, 6.07) is 0. The molecule has 1 rings (SSSR count). The van der Waals surface area contributed by atoms with E-state index in [1.54, 1.807) is 6.08 Å². The largest absolute Gasteiger partial charge is 0.336 e. The highest BCUT2D eigenvalue weighted by atomic mass is 16.8. The first-order chi connectivity index (χ1) is 3.80. The molecule has 1 aliphatic heterocycles. The lowest BCUT2D eigenvalue weighted by Gasteiger charge is -2.01. The second-order valence-electron chi connectivity index (χ2n) is 1.25. The van der Waals surface area contributed by atoms with Crippen LogP contribution in [0.4, 0.5) is 0 Å². The van der Waals surface area contributed by atoms with Gasteiger partial charge in [-0.2, -0.15) is 0 Å². The van der Waals surface area contributed by atoms with Crippen LogP contribution in [0.2, 0.25) is 0 Å². The van der Waals surface area contributed by atoms with Crippen molar-refractivity contribution in [2.75, 3.05) is 6.54 Å². The summed E-state index contributed by atoms with van der Waals surface area (Å²) in [5.41, 5.74) is 0. The van der Waals surface area contributed by atoms with E-state index in [1.807, 2.05) is 0 Å². The van der Waals surface area contributed by atoms with Gasteiger partial charge in [-0.05, 0) is 6.08 Å². The molecule has 0 atom stereocenters. The number of hydrogen-bond acceptors (Lipinski definition) is 3. The second kappa shape index (κ2) is 1.69. The summed E-state index contributed by atoms with van der Waals surface area (Å²) in [5, 5.41) is 9.80. The van der Waals surface area contributed by atoms with E-state index in [2.05, 4.69) is 4.84 Å². The molecular formula is C3H4N2O3. The Labute approximate surface area is 45.2 Å². The molecule has 1 heterocycles. The zero-order valence-electron chi connectivity index (χ0n) is 3.98. The summed E-state index contributed by atoms with van der Waals surface area (Å²) in [7, 11) is 0. The molecule has 44 valence electrons. The van der Waals surface area contributed by atoms with E-state index >= 15 is 0 Å². The summed E-state index contributed by atoms with van der Waals surface area (Å²) in [6.07, 6.45) is 2.84. The number of rotatable bonds is 1. The van der Waals surface area contributed by atoms with Gasteiger partial charge in [-0.3, -0.25) is 0 Å². The Hall–Kier alpha value is -1.26. The summed E-state index contributed by atoms with van der Waals surface area (Å²) < 4.78 is 0. The van der Waals surface area contributed by atoms with Gasteiger partial charge in [-0.15, -0.1) is 0 Å². The second-order valence-corrected chi connectivity index (χ2v) is 1.25. The molecule has 0 saturated heterocycles. The molecule has 1 aliphatic rings. The third kappa shape index (κ3) is 0.699. The van der Waals surface area contributed by atoms with Crippen molar-refractivity contribution in [1.82, 2.24) is 5.17 Å². The Morgan fingerprint density at radius 3 is 2.88 bits per heavy atom. The van der Waals surface area contributed by atoms with E-state index < -0.39 is 5.03 Å². The Kier molecular flexibility index (Phi) is 1.03. The predicted octanol–water partition coefficient (Wildman–Crippen LogP) is -0.0610. The first-order valence-electron chi connectivity index (χ1n) is 2.04. The summed E-state index contributed by atoms with van der Waals surface area (Å²) in [4.78, 5) is 14.1. The molecule has 5 heteroatoms. The predicted molar refractivity (Wildman–Crippen MR) is 23.9 cm³/mol. The molecule has 8 heavy (non-hydrogen) atoms. The van der Waals surface area contributed by atoms with Crippen molar-refractivity contribution in [3.05, 3.63) is 22.5 Å². The molecule has 0 spiro atoms. The normalized spacial score (nSPS) is 16.2. The lowest BCUT2D eigenvalue weighted by molar-refractivity contribution is -0.720. The fourth-order valence-corrected chi connectivity index (χ4v) is 0.395. The van der Waals surface area contributed by atoms with Crippen LogP contribution in [0.1, 0.15) is 0 Å². The smallest absolute Gasteiger partial charge is 0.197 e. The monoisotopic (exact) mass is 116 g/mol. The quantitative estimate of drug-likeness (QED) is 0.355. The standard InChI is InChI=1S/C3H4N2O3/c6-5(7)4-2-1-3-8-4/h1,3H,2H2. The van der Waals surface area contributed by atoms with E-state index in [0.29, 0.717) is 5.17 Å². The number of nitrogens with zero attached hydrogens (tertiary/aromatic N) is 2. The van der Waals surface area contributed by atoms with Gasteiger partial charge < -0.3 is 4.84 Å². The minimum atomic E-state index is -0.611. The number of hydrogen-bond donors (Lipinski definition) is 0. The summed E-state index contributed by atoms with van der Waals surface area (Å²) in [5.74, 6) is 0. The van der Waals surface area contributed by atoms with Gasteiger partial charge in [-0.1, -0.05) is 0 Å². The summed E-state index contributed by atoms with van der Waals surface area (Å²) in [6.45, 7) is 0.229. The van der Waals surface area contributed by atoms with Crippen LogP contribution in [0.15, 0.2) is 12.3 Å². The first-order valence-corrected chi connectivity index (χ1v) is 2.04. The van der Waals surface area contributed by atoms with Crippen LogP contribution in [0.3, 0.4) is 0 Å². The molecular weight excluding hydrogens is 112 g/mol. The molecule has 0 aromatic carbocycles. The molecule has 0 unspecified atom stereocenters. The van der Waals surface area contributed by atoms with Gasteiger partial charge >= 0.3 is 0 Å². The maximum absolute atomic E-state index is 9.77. The van der Waals surface area contributed by atoms with Crippen LogP contribution < -0.4 is 0 Å². The van der Waals surface area contributed by atoms with E-state index in [-0.39, 0.29) is 6.54 Å². The fourth-order valence-electron chi connectivity index (χ4n) is 0.395. The molecule has 0 fully saturated rings. The Balaban J connectivity index is 2.41. The molecule has 0 saturated carbocycles. The van der Waals surface area contributed by atoms with Crippen molar-refractivity contribution >= 4 is 0 Å². The van der Waals surface area contributed by atoms with Gasteiger partial charge in [0.2, 0.25) is 0 Å². The first kappa shape index (κ1) is 4.89. The number of nitro groups is 1. The Bertz CT molecular complexity index is 124. The fraction of sp³-hybridized carbons (Fsp3) is 0.333. The van der Waals surface area contributed by atoms with Gasteiger partial charge in [0.1, 0.15) is 12.8 Å². The van der Waals surface area contributed by atoms with Crippen molar-refractivity contribution in [3.8, 4) is 0 Å². The molecule has 0 N–H and O–H groups in total. The van der Waals surface area contributed by atoms with E-state index in [9.17, 15) is 10.1 Å². The third-order valence-corrected chi connectivity index (χ3v) is 0.722. The zero-order chi connectivity index (χ0) is 5.98. The molecule has 5 nitrogen and oxygen atoms in total. The highest BCUT2D eigenvalue weighted by Gasteiger charge is 2.15. The molecule has 0 radical (unpaired) electrons. The van der Waals surface area contributed by atoms with Crippen molar-refractivity contribution in [1.29, 1.82) is 0 Å². The topological polar surface area (TPSA) is 55.6 Å². The van der Waals surface area contributed by atoms with Crippen LogP contribution in [0.25, 0.3) is 0 Å². The lowest BCUT2D eigenvalue weighted by Crippen LogP contribution is -2.24. The van der Waals surface area contributed by atoms with Gasteiger partial charge in [-0.25, -0.2) is 10.1 Å².